The van der Waals surface area contributed by atoms with Crippen LogP contribution in [0.4, 0.5) is 0 Å². The van der Waals surface area contributed by atoms with Crippen LogP contribution in [0.1, 0.15) is 32.6 Å². The molecule has 0 saturated heterocycles. The summed E-state index contributed by atoms with van der Waals surface area (Å²) in [5.74, 6) is 0. The van der Waals surface area contributed by atoms with Crippen LogP contribution in [0.25, 0.3) is 11.1 Å². The molecule has 0 atom stereocenters. The van der Waals surface area contributed by atoms with Gasteiger partial charge in [-0.3, -0.25) is 4.98 Å². The SMILES string of the molecule is Br.CCCCCC[n+]1ccc(-c2ccncc2)cc1. The number of rotatable bonds is 6. The summed E-state index contributed by atoms with van der Waals surface area (Å²) >= 11 is 0. The van der Waals surface area contributed by atoms with Gasteiger partial charge in [-0.2, -0.15) is 0 Å². The second kappa shape index (κ2) is 8.81. The first-order valence-electron chi connectivity index (χ1n) is 6.79. The molecule has 2 heterocycles. The average Bonchev–Trinajstić information content (AvgIpc) is 2.45. The lowest BCUT2D eigenvalue weighted by atomic mass is 10.1. The quantitative estimate of drug-likeness (QED) is 0.575. The second-order valence-corrected chi connectivity index (χ2v) is 4.62. The summed E-state index contributed by atoms with van der Waals surface area (Å²) in [5.41, 5.74) is 2.48. The molecule has 2 rings (SSSR count). The molecule has 0 fully saturated rings. The molecule has 2 nitrogen and oxygen atoms in total. The Balaban J connectivity index is 0.00000180. The van der Waals surface area contributed by atoms with Gasteiger partial charge in [-0.1, -0.05) is 19.8 Å². The van der Waals surface area contributed by atoms with Gasteiger partial charge in [-0.25, -0.2) is 4.57 Å². The molecule has 102 valence electrons. The molecule has 0 radical (unpaired) electrons. The van der Waals surface area contributed by atoms with E-state index in [2.05, 4.69) is 41.0 Å². The van der Waals surface area contributed by atoms with Crippen LogP contribution in [0.15, 0.2) is 49.1 Å². The molecular formula is C16H22BrN2+. The van der Waals surface area contributed by atoms with Crippen molar-refractivity contribution >= 4 is 17.0 Å². The summed E-state index contributed by atoms with van der Waals surface area (Å²) in [5, 5.41) is 0. The van der Waals surface area contributed by atoms with Gasteiger partial charge in [0.25, 0.3) is 0 Å². The van der Waals surface area contributed by atoms with E-state index in [-0.39, 0.29) is 17.0 Å². The first-order chi connectivity index (χ1) is 8.90. The molecule has 3 heteroatoms. The zero-order valence-corrected chi connectivity index (χ0v) is 13.2. The fourth-order valence-corrected chi connectivity index (χ4v) is 2.06. The highest BCUT2D eigenvalue weighted by Crippen LogP contribution is 2.15. The van der Waals surface area contributed by atoms with Crippen molar-refractivity contribution in [3.63, 3.8) is 0 Å². The Morgan fingerprint density at radius 2 is 1.53 bits per heavy atom. The molecule has 0 aromatic carbocycles. The summed E-state index contributed by atoms with van der Waals surface area (Å²) < 4.78 is 2.26. The lowest BCUT2D eigenvalue weighted by Crippen LogP contribution is -2.32. The Hall–Kier alpha value is -1.22. The third kappa shape index (κ3) is 5.11. The first-order valence-corrected chi connectivity index (χ1v) is 6.79. The number of aryl methyl sites for hydroxylation is 1. The standard InChI is InChI=1S/C16H21N2.BrH/c1-2-3-4-5-12-18-13-8-16(9-14-18)15-6-10-17-11-7-15;/h6-11,13-14H,2-5,12H2,1H3;1H/q+1;. The van der Waals surface area contributed by atoms with Gasteiger partial charge >= 0.3 is 0 Å². The number of hydrogen-bond donors (Lipinski definition) is 0. The summed E-state index contributed by atoms with van der Waals surface area (Å²) in [6.45, 7) is 3.37. The molecule has 0 bridgehead atoms. The lowest BCUT2D eigenvalue weighted by Gasteiger charge is -2.01. The van der Waals surface area contributed by atoms with Crippen molar-refractivity contribution in [3.05, 3.63) is 49.1 Å². The Morgan fingerprint density at radius 1 is 0.895 bits per heavy atom. The van der Waals surface area contributed by atoms with Crippen molar-refractivity contribution in [2.24, 2.45) is 0 Å². The highest BCUT2D eigenvalue weighted by atomic mass is 79.9. The molecule has 0 aliphatic carbocycles. The topological polar surface area (TPSA) is 16.8 Å². The molecule has 0 amide bonds. The van der Waals surface area contributed by atoms with Gasteiger partial charge in [0.05, 0.1) is 0 Å². The van der Waals surface area contributed by atoms with E-state index >= 15 is 0 Å². The largest absolute Gasteiger partial charge is 0.265 e. The van der Waals surface area contributed by atoms with E-state index in [0.29, 0.717) is 0 Å². The monoisotopic (exact) mass is 321 g/mol. The Labute approximate surface area is 126 Å². The van der Waals surface area contributed by atoms with Gasteiger partial charge in [0.2, 0.25) is 0 Å². The van der Waals surface area contributed by atoms with Crippen molar-refractivity contribution < 1.29 is 4.57 Å². The predicted octanol–water partition coefficient (Wildman–Crippen LogP) is 4.19. The molecule has 0 saturated carbocycles. The van der Waals surface area contributed by atoms with Crippen LogP contribution in [0.3, 0.4) is 0 Å². The molecule has 0 aliphatic heterocycles. The number of aromatic nitrogens is 2. The van der Waals surface area contributed by atoms with Crippen LogP contribution in [0.2, 0.25) is 0 Å². The summed E-state index contributed by atoms with van der Waals surface area (Å²) in [6.07, 6.45) is 13.2. The molecule has 19 heavy (non-hydrogen) atoms. The van der Waals surface area contributed by atoms with Crippen LogP contribution in [-0.4, -0.2) is 4.98 Å². The molecule has 0 spiro atoms. The van der Waals surface area contributed by atoms with E-state index in [1.54, 1.807) is 0 Å². The number of unbranched alkanes of at least 4 members (excludes halogenated alkanes) is 3. The minimum Gasteiger partial charge on any atom is -0.265 e. The number of pyridine rings is 2. The van der Waals surface area contributed by atoms with E-state index in [9.17, 15) is 0 Å². The van der Waals surface area contributed by atoms with Crippen molar-refractivity contribution in [3.8, 4) is 11.1 Å². The van der Waals surface area contributed by atoms with Crippen LogP contribution in [0, 0.1) is 0 Å². The first kappa shape index (κ1) is 15.8. The van der Waals surface area contributed by atoms with Gasteiger partial charge in [0, 0.05) is 30.9 Å². The average molecular weight is 322 g/mol. The number of nitrogens with zero attached hydrogens (tertiary/aromatic N) is 2. The maximum absolute atomic E-state index is 4.04. The predicted molar refractivity (Wildman–Crippen MR) is 84.3 cm³/mol. The van der Waals surface area contributed by atoms with Crippen LogP contribution in [-0.2, 0) is 6.54 Å². The number of hydrogen-bond acceptors (Lipinski definition) is 1. The Morgan fingerprint density at radius 3 is 2.16 bits per heavy atom. The molecule has 0 N–H and O–H groups in total. The fraction of sp³-hybridized carbons (Fsp3) is 0.375. The molecule has 2 aromatic rings. The third-order valence-corrected chi connectivity index (χ3v) is 3.17. The summed E-state index contributed by atoms with van der Waals surface area (Å²) in [4.78, 5) is 4.04. The van der Waals surface area contributed by atoms with Gasteiger partial charge < -0.3 is 0 Å². The van der Waals surface area contributed by atoms with Crippen molar-refractivity contribution in [2.45, 2.75) is 39.2 Å². The Kier molecular flexibility index (Phi) is 7.34. The Bertz CT molecular complexity index is 454. The summed E-state index contributed by atoms with van der Waals surface area (Å²) in [7, 11) is 0. The minimum absolute atomic E-state index is 0. The van der Waals surface area contributed by atoms with E-state index in [0.717, 1.165) is 6.54 Å². The molecule has 0 unspecified atom stereocenters. The highest BCUT2D eigenvalue weighted by molar-refractivity contribution is 8.93. The van der Waals surface area contributed by atoms with E-state index in [1.807, 2.05) is 24.5 Å². The van der Waals surface area contributed by atoms with Crippen molar-refractivity contribution in [2.75, 3.05) is 0 Å². The van der Waals surface area contributed by atoms with E-state index in [1.165, 1.54) is 36.8 Å². The number of halogens is 1. The van der Waals surface area contributed by atoms with Gasteiger partial charge in [-0.05, 0) is 29.7 Å². The molecule has 2 aromatic heterocycles. The smallest absolute Gasteiger partial charge is 0.169 e. The second-order valence-electron chi connectivity index (χ2n) is 4.62. The third-order valence-electron chi connectivity index (χ3n) is 3.17. The molecular weight excluding hydrogens is 300 g/mol. The van der Waals surface area contributed by atoms with Gasteiger partial charge in [-0.15, -0.1) is 17.0 Å². The van der Waals surface area contributed by atoms with E-state index < -0.39 is 0 Å². The van der Waals surface area contributed by atoms with Gasteiger partial charge in [0.15, 0.2) is 12.4 Å². The van der Waals surface area contributed by atoms with Crippen LogP contribution >= 0.6 is 17.0 Å². The lowest BCUT2D eigenvalue weighted by molar-refractivity contribution is -0.697. The fourth-order valence-electron chi connectivity index (χ4n) is 2.06. The minimum atomic E-state index is 0. The normalized spacial score (nSPS) is 9.95. The van der Waals surface area contributed by atoms with Crippen molar-refractivity contribution in [1.29, 1.82) is 0 Å². The maximum atomic E-state index is 4.04. The van der Waals surface area contributed by atoms with E-state index in [4.69, 9.17) is 0 Å². The highest BCUT2D eigenvalue weighted by Gasteiger charge is 2.02. The van der Waals surface area contributed by atoms with Crippen molar-refractivity contribution in [1.82, 2.24) is 4.98 Å². The zero-order chi connectivity index (χ0) is 12.6. The maximum Gasteiger partial charge on any atom is 0.169 e. The summed E-state index contributed by atoms with van der Waals surface area (Å²) in [6, 6.07) is 8.44. The van der Waals surface area contributed by atoms with Crippen LogP contribution < -0.4 is 4.57 Å². The van der Waals surface area contributed by atoms with Gasteiger partial charge in [0.1, 0.15) is 6.54 Å². The van der Waals surface area contributed by atoms with Crippen LogP contribution in [0.5, 0.6) is 0 Å². The molecule has 0 aliphatic rings. The zero-order valence-electron chi connectivity index (χ0n) is 11.5.